The van der Waals surface area contributed by atoms with Crippen molar-refractivity contribution in [2.45, 2.75) is 0 Å². The van der Waals surface area contributed by atoms with E-state index in [0.29, 0.717) is 62.0 Å². The normalized spacial score (nSPS) is 16.7. The Bertz CT molecular complexity index is 894. The van der Waals surface area contributed by atoms with Crippen LogP contribution in [-0.2, 0) is 0 Å². The van der Waals surface area contributed by atoms with E-state index in [4.69, 9.17) is 9.47 Å². The number of rotatable bonds is 4. The lowest BCUT2D eigenvalue weighted by atomic mass is 10.1. The van der Waals surface area contributed by atoms with Crippen molar-refractivity contribution < 1.29 is 23.5 Å². The molecule has 2 aromatic carbocycles. The maximum Gasteiger partial charge on any atom is 0.254 e. The van der Waals surface area contributed by atoms with Crippen molar-refractivity contribution in [1.82, 2.24) is 9.80 Å². The molecule has 0 bridgehead atoms. The van der Waals surface area contributed by atoms with Gasteiger partial charge in [0.1, 0.15) is 19.0 Å². The number of amides is 1. The summed E-state index contributed by atoms with van der Waals surface area (Å²) in [5.41, 5.74) is 0.934. The fraction of sp³-hybridized carbons (Fsp3) is 0.333. The molecule has 146 valence electrons. The van der Waals surface area contributed by atoms with Crippen LogP contribution in [0.15, 0.2) is 42.5 Å². The molecule has 0 unspecified atom stereocenters. The summed E-state index contributed by atoms with van der Waals surface area (Å²) in [7, 11) is 0. The third kappa shape index (κ3) is 3.99. The van der Waals surface area contributed by atoms with E-state index >= 15 is 0 Å². The number of piperazine rings is 1. The molecular weight excluding hydrogens is 363 g/mol. The molecule has 0 atom stereocenters. The van der Waals surface area contributed by atoms with E-state index in [9.17, 15) is 14.0 Å². The zero-order valence-electron chi connectivity index (χ0n) is 15.4. The number of fused-ring (bicyclic) bond motifs is 1. The molecule has 1 saturated heterocycles. The maximum absolute atomic E-state index is 13.3. The third-order valence-corrected chi connectivity index (χ3v) is 4.96. The molecule has 0 aromatic heterocycles. The van der Waals surface area contributed by atoms with Crippen LogP contribution in [-0.4, -0.2) is 67.4 Å². The molecule has 28 heavy (non-hydrogen) atoms. The van der Waals surface area contributed by atoms with Gasteiger partial charge in [0.25, 0.3) is 5.91 Å². The molecule has 6 nitrogen and oxygen atoms in total. The van der Waals surface area contributed by atoms with Crippen molar-refractivity contribution in [3.05, 3.63) is 59.4 Å². The van der Waals surface area contributed by atoms with E-state index < -0.39 is 5.82 Å². The molecule has 0 N–H and O–H groups in total. The molecule has 0 spiro atoms. The van der Waals surface area contributed by atoms with E-state index in [1.54, 1.807) is 29.2 Å². The minimum Gasteiger partial charge on any atom is -0.486 e. The molecule has 0 saturated carbocycles. The van der Waals surface area contributed by atoms with E-state index in [1.165, 1.54) is 18.2 Å². The van der Waals surface area contributed by atoms with Crippen molar-refractivity contribution >= 4 is 11.7 Å². The lowest BCUT2D eigenvalue weighted by Crippen LogP contribution is -2.49. The number of hydrogen-bond acceptors (Lipinski definition) is 5. The Morgan fingerprint density at radius 3 is 2.39 bits per heavy atom. The molecule has 2 heterocycles. The average Bonchev–Trinajstić information content (AvgIpc) is 2.73. The van der Waals surface area contributed by atoms with Crippen LogP contribution in [0, 0.1) is 5.82 Å². The molecule has 1 fully saturated rings. The standard InChI is InChI=1S/C21H21FN2O4/c22-17-3-1-2-16(12-17)21(26)24-8-6-23(7-9-24)14-18(25)15-4-5-19-20(13-15)28-11-10-27-19/h1-5,12-13H,6-11,14H2. The summed E-state index contributed by atoms with van der Waals surface area (Å²) < 4.78 is 24.3. The Morgan fingerprint density at radius 1 is 0.893 bits per heavy atom. The van der Waals surface area contributed by atoms with Gasteiger partial charge in [0, 0.05) is 37.3 Å². The quantitative estimate of drug-likeness (QED) is 0.757. The summed E-state index contributed by atoms with van der Waals surface area (Å²) in [6.07, 6.45) is 0. The van der Waals surface area contributed by atoms with Gasteiger partial charge in [-0.2, -0.15) is 0 Å². The van der Waals surface area contributed by atoms with Crippen molar-refractivity contribution in [2.75, 3.05) is 45.9 Å². The second kappa shape index (κ2) is 7.98. The molecule has 2 aliphatic rings. The third-order valence-electron chi connectivity index (χ3n) is 4.96. The van der Waals surface area contributed by atoms with Gasteiger partial charge in [-0.1, -0.05) is 6.07 Å². The predicted octanol–water partition coefficient (Wildman–Crippen LogP) is 2.24. The molecule has 7 heteroatoms. The number of Topliss-reactive ketones (excluding diaryl/α,β-unsaturated/α-hetero) is 1. The number of carbonyl (C=O) groups excluding carboxylic acids is 2. The number of hydrogen-bond donors (Lipinski definition) is 0. The van der Waals surface area contributed by atoms with Crippen molar-refractivity contribution in [2.24, 2.45) is 0 Å². The van der Waals surface area contributed by atoms with E-state index in [2.05, 4.69) is 0 Å². The first kappa shape index (κ1) is 18.4. The van der Waals surface area contributed by atoms with Crippen LogP contribution in [0.3, 0.4) is 0 Å². The van der Waals surface area contributed by atoms with Gasteiger partial charge >= 0.3 is 0 Å². The fourth-order valence-corrected chi connectivity index (χ4v) is 3.42. The lowest BCUT2D eigenvalue weighted by molar-refractivity contribution is 0.0624. The van der Waals surface area contributed by atoms with Gasteiger partial charge in [0.15, 0.2) is 17.3 Å². The molecular formula is C21H21FN2O4. The number of benzene rings is 2. The highest BCUT2D eigenvalue weighted by Crippen LogP contribution is 2.30. The average molecular weight is 384 g/mol. The first-order valence-corrected chi connectivity index (χ1v) is 9.30. The molecule has 0 radical (unpaired) electrons. The zero-order chi connectivity index (χ0) is 19.5. The minimum atomic E-state index is -0.422. The van der Waals surface area contributed by atoms with Gasteiger partial charge in [0.2, 0.25) is 0 Å². The lowest BCUT2D eigenvalue weighted by Gasteiger charge is -2.34. The second-order valence-electron chi connectivity index (χ2n) is 6.86. The highest BCUT2D eigenvalue weighted by molar-refractivity contribution is 5.98. The SMILES string of the molecule is O=C(CN1CCN(C(=O)c2cccc(F)c2)CC1)c1ccc2c(c1)OCCO2. The Balaban J connectivity index is 1.33. The number of ether oxygens (including phenoxy) is 2. The highest BCUT2D eigenvalue weighted by Gasteiger charge is 2.24. The van der Waals surface area contributed by atoms with Crippen LogP contribution < -0.4 is 9.47 Å². The van der Waals surface area contributed by atoms with E-state index in [1.807, 2.05) is 4.90 Å². The summed E-state index contributed by atoms with van der Waals surface area (Å²) in [4.78, 5) is 28.8. The van der Waals surface area contributed by atoms with Crippen LogP contribution in [0.1, 0.15) is 20.7 Å². The topological polar surface area (TPSA) is 59.1 Å². The van der Waals surface area contributed by atoms with Crippen LogP contribution in [0.4, 0.5) is 4.39 Å². The largest absolute Gasteiger partial charge is 0.486 e. The molecule has 1 amide bonds. The van der Waals surface area contributed by atoms with E-state index in [0.717, 1.165) is 0 Å². The first-order chi connectivity index (χ1) is 13.6. The van der Waals surface area contributed by atoms with Crippen LogP contribution in [0.25, 0.3) is 0 Å². The zero-order valence-corrected chi connectivity index (χ0v) is 15.4. The number of ketones is 1. The number of halogens is 1. The Kier molecular flexibility index (Phi) is 5.25. The van der Waals surface area contributed by atoms with Crippen LogP contribution in [0.2, 0.25) is 0 Å². The monoisotopic (exact) mass is 384 g/mol. The smallest absolute Gasteiger partial charge is 0.254 e. The van der Waals surface area contributed by atoms with Crippen LogP contribution >= 0.6 is 0 Å². The Labute approximate surface area is 162 Å². The molecule has 2 aromatic rings. The van der Waals surface area contributed by atoms with Crippen molar-refractivity contribution in [3.8, 4) is 11.5 Å². The molecule has 2 aliphatic heterocycles. The summed E-state index contributed by atoms with van der Waals surface area (Å²) in [5, 5.41) is 0. The van der Waals surface area contributed by atoms with Gasteiger partial charge in [-0.15, -0.1) is 0 Å². The summed E-state index contributed by atoms with van der Waals surface area (Å²) >= 11 is 0. The van der Waals surface area contributed by atoms with Crippen molar-refractivity contribution in [3.63, 3.8) is 0 Å². The van der Waals surface area contributed by atoms with Gasteiger partial charge < -0.3 is 14.4 Å². The summed E-state index contributed by atoms with van der Waals surface area (Å²) in [6, 6.07) is 10.9. The van der Waals surface area contributed by atoms with Gasteiger partial charge in [-0.05, 0) is 36.4 Å². The second-order valence-corrected chi connectivity index (χ2v) is 6.86. The first-order valence-electron chi connectivity index (χ1n) is 9.30. The number of carbonyl (C=O) groups is 2. The maximum atomic E-state index is 13.3. The van der Waals surface area contributed by atoms with Gasteiger partial charge in [-0.3, -0.25) is 14.5 Å². The predicted molar refractivity (Wildman–Crippen MR) is 101 cm³/mol. The highest BCUT2D eigenvalue weighted by atomic mass is 19.1. The minimum absolute atomic E-state index is 0.00174. The number of nitrogens with zero attached hydrogens (tertiary/aromatic N) is 2. The molecule has 4 rings (SSSR count). The Hall–Kier alpha value is -2.93. The van der Waals surface area contributed by atoms with Gasteiger partial charge in [-0.25, -0.2) is 4.39 Å². The van der Waals surface area contributed by atoms with Gasteiger partial charge in [0.05, 0.1) is 6.54 Å². The summed E-state index contributed by atoms with van der Waals surface area (Å²) in [6.45, 7) is 3.47. The Morgan fingerprint density at radius 2 is 1.64 bits per heavy atom. The summed E-state index contributed by atoms with van der Waals surface area (Å²) in [5.74, 6) is 0.656. The van der Waals surface area contributed by atoms with Crippen LogP contribution in [0.5, 0.6) is 11.5 Å². The van der Waals surface area contributed by atoms with E-state index in [-0.39, 0.29) is 18.2 Å². The van der Waals surface area contributed by atoms with Crippen molar-refractivity contribution in [1.29, 1.82) is 0 Å². The fourth-order valence-electron chi connectivity index (χ4n) is 3.42. The molecule has 0 aliphatic carbocycles.